The number of carbonyl (C=O) groups is 1. The summed E-state index contributed by atoms with van der Waals surface area (Å²) in [5, 5.41) is 6.61. The first-order valence-electron chi connectivity index (χ1n) is 9.83. The normalized spacial score (nSPS) is 10.8. The van der Waals surface area contributed by atoms with Crippen LogP contribution in [0.5, 0.6) is 11.5 Å². The number of esters is 1. The molecule has 0 aliphatic carbocycles. The molecule has 0 bridgehead atoms. The predicted octanol–water partition coefficient (Wildman–Crippen LogP) is 4.59. The van der Waals surface area contributed by atoms with Crippen molar-refractivity contribution < 1.29 is 19.0 Å². The first-order chi connectivity index (χ1) is 15.1. The molecule has 2 aromatic carbocycles. The molecule has 31 heavy (non-hydrogen) atoms. The van der Waals surface area contributed by atoms with E-state index in [4.69, 9.17) is 14.2 Å². The molecule has 0 aliphatic heterocycles. The Bertz CT molecular complexity index is 1050. The van der Waals surface area contributed by atoms with E-state index in [1.54, 1.807) is 25.6 Å². The number of benzene rings is 2. The van der Waals surface area contributed by atoms with Crippen molar-refractivity contribution in [2.45, 2.75) is 26.9 Å². The zero-order chi connectivity index (χ0) is 22.1. The number of carbonyl (C=O) groups excluding carboxylic acids is 1. The van der Waals surface area contributed by atoms with Gasteiger partial charge in [-0.3, -0.25) is 10.2 Å². The fourth-order valence-electron chi connectivity index (χ4n) is 2.77. The Hall–Kier alpha value is -3.39. The number of anilines is 1. The molecule has 0 amide bonds. The van der Waals surface area contributed by atoms with Gasteiger partial charge in [-0.2, -0.15) is 5.10 Å². The second-order valence-corrected chi connectivity index (χ2v) is 7.48. The minimum Gasteiger partial charge on any atom is -0.493 e. The SMILES string of the molecule is CCOC(=O)Cc1csc(N/N=C\c2ccc(OCc3ccccc3C)c(OC)c2)n1. The molecule has 0 unspecified atom stereocenters. The summed E-state index contributed by atoms with van der Waals surface area (Å²) >= 11 is 1.37. The van der Waals surface area contributed by atoms with E-state index in [0.717, 1.165) is 11.1 Å². The topological polar surface area (TPSA) is 82.0 Å². The van der Waals surface area contributed by atoms with E-state index in [9.17, 15) is 4.79 Å². The molecule has 1 heterocycles. The standard InChI is InChI=1S/C23H25N3O4S/c1-4-29-22(27)12-19-15-31-23(25-19)26-24-13-17-9-10-20(21(11-17)28-3)30-14-18-8-6-5-7-16(18)2/h5-11,13,15H,4,12,14H2,1-3H3,(H,25,26)/b24-13-. The van der Waals surface area contributed by atoms with Gasteiger partial charge in [0.15, 0.2) is 11.5 Å². The number of rotatable bonds is 10. The van der Waals surface area contributed by atoms with Crippen LogP contribution in [0.3, 0.4) is 0 Å². The smallest absolute Gasteiger partial charge is 0.311 e. The molecule has 7 nitrogen and oxygen atoms in total. The number of nitrogens with zero attached hydrogens (tertiary/aromatic N) is 2. The Labute approximate surface area is 185 Å². The van der Waals surface area contributed by atoms with E-state index in [1.165, 1.54) is 16.9 Å². The van der Waals surface area contributed by atoms with Gasteiger partial charge < -0.3 is 14.2 Å². The molecule has 0 saturated carbocycles. The van der Waals surface area contributed by atoms with Crippen LogP contribution in [0.15, 0.2) is 52.9 Å². The van der Waals surface area contributed by atoms with E-state index in [0.29, 0.717) is 35.5 Å². The fourth-order valence-corrected chi connectivity index (χ4v) is 3.43. The minimum atomic E-state index is -0.292. The highest BCUT2D eigenvalue weighted by Gasteiger charge is 2.09. The Morgan fingerprint density at radius 1 is 1.23 bits per heavy atom. The van der Waals surface area contributed by atoms with Crippen LogP contribution in [0.2, 0.25) is 0 Å². The molecule has 3 aromatic rings. The highest BCUT2D eigenvalue weighted by atomic mass is 32.1. The highest BCUT2D eigenvalue weighted by molar-refractivity contribution is 7.13. The predicted molar refractivity (Wildman–Crippen MR) is 122 cm³/mol. The van der Waals surface area contributed by atoms with Gasteiger partial charge in [0.2, 0.25) is 5.13 Å². The van der Waals surface area contributed by atoms with Gasteiger partial charge in [0.25, 0.3) is 0 Å². The lowest BCUT2D eigenvalue weighted by Gasteiger charge is -2.12. The van der Waals surface area contributed by atoms with E-state index in [1.807, 2.05) is 36.4 Å². The number of methoxy groups -OCH3 is 1. The average molecular weight is 440 g/mol. The largest absolute Gasteiger partial charge is 0.493 e. The van der Waals surface area contributed by atoms with Crippen LogP contribution in [0.4, 0.5) is 5.13 Å². The van der Waals surface area contributed by atoms with Gasteiger partial charge in [-0.25, -0.2) is 4.98 Å². The van der Waals surface area contributed by atoms with Crippen molar-refractivity contribution >= 4 is 28.7 Å². The monoisotopic (exact) mass is 439 g/mol. The molecule has 0 spiro atoms. The summed E-state index contributed by atoms with van der Waals surface area (Å²) in [6.07, 6.45) is 1.82. The zero-order valence-corrected chi connectivity index (χ0v) is 18.6. The van der Waals surface area contributed by atoms with Crippen LogP contribution in [0.1, 0.15) is 29.3 Å². The van der Waals surface area contributed by atoms with Crippen LogP contribution in [-0.2, 0) is 22.6 Å². The summed E-state index contributed by atoms with van der Waals surface area (Å²) in [4.78, 5) is 15.8. The average Bonchev–Trinajstić information content (AvgIpc) is 3.20. The first-order valence-corrected chi connectivity index (χ1v) is 10.7. The number of aromatic nitrogens is 1. The summed E-state index contributed by atoms with van der Waals surface area (Å²) in [5.41, 5.74) is 6.68. The van der Waals surface area contributed by atoms with Crippen LogP contribution in [0.25, 0.3) is 0 Å². The third-order valence-corrected chi connectivity index (χ3v) is 5.18. The number of ether oxygens (including phenoxy) is 3. The molecule has 162 valence electrons. The molecule has 0 atom stereocenters. The van der Waals surface area contributed by atoms with Gasteiger partial charge in [-0.05, 0) is 48.7 Å². The highest BCUT2D eigenvalue weighted by Crippen LogP contribution is 2.28. The third-order valence-electron chi connectivity index (χ3n) is 4.39. The number of aryl methyl sites for hydroxylation is 1. The van der Waals surface area contributed by atoms with E-state index < -0.39 is 0 Å². The number of hydrogen-bond acceptors (Lipinski definition) is 8. The van der Waals surface area contributed by atoms with Crippen molar-refractivity contribution in [2.24, 2.45) is 5.10 Å². The molecule has 1 aromatic heterocycles. The summed E-state index contributed by atoms with van der Waals surface area (Å²) in [7, 11) is 1.61. The number of hydrogen-bond donors (Lipinski definition) is 1. The summed E-state index contributed by atoms with van der Waals surface area (Å²) in [6.45, 7) is 4.66. The fraction of sp³-hybridized carbons (Fsp3) is 0.261. The maximum atomic E-state index is 11.5. The summed E-state index contributed by atoms with van der Waals surface area (Å²) in [5.74, 6) is 1.00. The van der Waals surface area contributed by atoms with Gasteiger partial charge in [-0.15, -0.1) is 11.3 Å². The van der Waals surface area contributed by atoms with Crippen molar-refractivity contribution in [2.75, 3.05) is 19.1 Å². The van der Waals surface area contributed by atoms with Gasteiger partial charge in [0, 0.05) is 5.38 Å². The summed E-state index contributed by atoms with van der Waals surface area (Å²) in [6, 6.07) is 13.7. The van der Waals surface area contributed by atoms with E-state index in [-0.39, 0.29) is 12.4 Å². The second kappa shape index (κ2) is 11.1. The van der Waals surface area contributed by atoms with Gasteiger partial charge in [0.1, 0.15) is 6.61 Å². The van der Waals surface area contributed by atoms with Crippen molar-refractivity contribution in [3.05, 3.63) is 70.2 Å². The lowest BCUT2D eigenvalue weighted by molar-refractivity contribution is -0.142. The summed E-state index contributed by atoms with van der Waals surface area (Å²) < 4.78 is 16.3. The van der Waals surface area contributed by atoms with Crippen molar-refractivity contribution in [1.29, 1.82) is 0 Å². The number of hydrazone groups is 1. The van der Waals surface area contributed by atoms with E-state index in [2.05, 4.69) is 28.5 Å². The van der Waals surface area contributed by atoms with Crippen LogP contribution >= 0.6 is 11.3 Å². The van der Waals surface area contributed by atoms with Gasteiger partial charge in [-0.1, -0.05) is 24.3 Å². The molecule has 3 rings (SSSR count). The molecule has 0 aliphatic rings. The second-order valence-electron chi connectivity index (χ2n) is 6.62. The maximum Gasteiger partial charge on any atom is 0.311 e. The van der Waals surface area contributed by atoms with Crippen molar-refractivity contribution in [3.63, 3.8) is 0 Å². The van der Waals surface area contributed by atoms with Gasteiger partial charge in [0.05, 0.1) is 32.0 Å². The number of thiazole rings is 1. The molecular formula is C23H25N3O4S. The Morgan fingerprint density at radius 2 is 2.06 bits per heavy atom. The lowest BCUT2D eigenvalue weighted by Crippen LogP contribution is -2.07. The van der Waals surface area contributed by atoms with Gasteiger partial charge >= 0.3 is 5.97 Å². The molecular weight excluding hydrogens is 414 g/mol. The molecule has 0 radical (unpaired) electrons. The van der Waals surface area contributed by atoms with Crippen LogP contribution < -0.4 is 14.9 Å². The van der Waals surface area contributed by atoms with Crippen molar-refractivity contribution in [3.8, 4) is 11.5 Å². The first kappa shape index (κ1) is 22.3. The van der Waals surface area contributed by atoms with Crippen molar-refractivity contribution in [1.82, 2.24) is 4.98 Å². The Balaban J connectivity index is 1.58. The quantitative estimate of drug-likeness (QED) is 0.283. The molecule has 0 saturated heterocycles. The molecule has 0 fully saturated rings. The lowest BCUT2D eigenvalue weighted by atomic mass is 10.1. The minimum absolute atomic E-state index is 0.150. The van der Waals surface area contributed by atoms with Crippen LogP contribution in [-0.4, -0.2) is 30.9 Å². The zero-order valence-electron chi connectivity index (χ0n) is 17.8. The molecule has 8 heteroatoms. The molecule has 1 N–H and O–H groups in total. The number of nitrogens with one attached hydrogen (secondary N) is 1. The maximum absolute atomic E-state index is 11.5. The Kier molecular flexibility index (Phi) is 8.00. The van der Waals surface area contributed by atoms with E-state index >= 15 is 0 Å². The van der Waals surface area contributed by atoms with Crippen LogP contribution in [0, 0.1) is 6.92 Å². The Morgan fingerprint density at radius 3 is 2.84 bits per heavy atom. The third kappa shape index (κ3) is 6.55.